The summed E-state index contributed by atoms with van der Waals surface area (Å²) in [7, 11) is 1.70. The zero-order valence-electron chi connectivity index (χ0n) is 7.69. The lowest BCUT2D eigenvalue weighted by atomic mass is 9.74. The van der Waals surface area contributed by atoms with Crippen molar-refractivity contribution in [3.8, 4) is 0 Å². The van der Waals surface area contributed by atoms with Crippen LogP contribution in [0.4, 0.5) is 0 Å². The number of aliphatic hydroxyl groups is 1. The summed E-state index contributed by atoms with van der Waals surface area (Å²) in [5, 5.41) is 14.2. The minimum atomic E-state index is -0.498. The van der Waals surface area contributed by atoms with Crippen LogP contribution in [0.5, 0.6) is 0 Å². The van der Waals surface area contributed by atoms with Crippen molar-refractivity contribution in [1.29, 1.82) is 0 Å². The third-order valence-corrected chi connectivity index (χ3v) is 3.39. The van der Waals surface area contributed by atoms with Crippen LogP contribution in [-0.2, 0) is 11.2 Å². The number of ether oxygens (including phenoxy) is 1. The fraction of sp³-hybridized carbons (Fsp3) is 0.600. The lowest BCUT2D eigenvalue weighted by molar-refractivity contribution is -0.126. The molecule has 1 heterocycles. The van der Waals surface area contributed by atoms with Crippen LogP contribution in [0.1, 0.15) is 18.4 Å². The SMILES string of the molecule is COC1CC(O)(Cc2ccsc2)C1. The highest BCUT2D eigenvalue weighted by Crippen LogP contribution is 2.37. The van der Waals surface area contributed by atoms with E-state index in [1.54, 1.807) is 18.4 Å². The molecule has 1 saturated carbocycles. The van der Waals surface area contributed by atoms with Gasteiger partial charge in [0, 0.05) is 26.4 Å². The molecule has 1 aliphatic rings. The molecule has 0 amide bonds. The van der Waals surface area contributed by atoms with Gasteiger partial charge in [0.2, 0.25) is 0 Å². The number of rotatable bonds is 3. The minimum absolute atomic E-state index is 0.267. The lowest BCUT2D eigenvalue weighted by Gasteiger charge is -2.42. The Morgan fingerprint density at radius 3 is 3.00 bits per heavy atom. The molecule has 0 aromatic carbocycles. The van der Waals surface area contributed by atoms with E-state index in [2.05, 4.69) is 11.4 Å². The lowest BCUT2D eigenvalue weighted by Crippen LogP contribution is -2.49. The monoisotopic (exact) mass is 198 g/mol. The molecule has 1 aliphatic carbocycles. The highest BCUT2D eigenvalue weighted by Gasteiger charge is 2.42. The Kier molecular flexibility index (Phi) is 2.41. The van der Waals surface area contributed by atoms with Crippen LogP contribution < -0.4 is 0 Å². The molecule has 1 aromatic heterocycles. The molecule has 3 heteroatoms. The van der Waals surface area contributed by atoms with Crippen molar-refractivity contribution in [2.24, 2.45) is 0 Å². The fourth-order valence-electron chi connectivity index (χ4n) is 1.87. The first kappa shape index (κ1) is 9.19. The molecule has 0 unspecified atom stereocenters. The molecule has 2 nitrogen and oxygen atoms in total. The van der Waals surface area contributed by atoms with Gasteiger partial charge in [-0.1, -0.05) is 0 Å². The Morgan fingerprint density at radius 1 is 1.69 bits per heavy atom. The summed E-state index contributed by atoms with van der Waals surface area (Å²) in [6.45, 7) is 0. The largest absolute Gasteiger partial charge is 0.389 e. The second-order valence-electron chi connectivity index (χ2n) is 3.80. The second-order valence-corrected chi connectivity index (χ2v) is 4.58. The highest BCUT2D eigenvalue weighted by molar-refractivity contribution is 7.07. The zero-order chi connectivity index (χ0) is 9.31. The van der Waals surface area contributed by atoms with Crippen LogP contribution >= 0.6 is 11.3 Å². The van der Waals surface area contributed by atoms with Crippen LogP contribution in [0.2, 0.25) is 0 Å². The summed E-state index contributed by atoms with van der Waals surface area (Å²) < 4.78 is 5.14. The number of thiophene rings is 1. The molecule has 0 spiro atoms. The van der Waals surface area contributed by atoms with E-state index >= 15 is 0 Å². The van der Waals surface area contributed by atoms with Gasteiger partial charge in [-0.2, -0.15) is 11.3 Å². The van der Waals surface area contributed by atoms with Gasteiger partial charge in [0.1, 0.15) is 0 Å². The Hall–Kier alpha value is -0.380. The molecule has 2 rings (SSSR count). The van der Waals surface area contributed by atoms with Crippen LogP contribution in [0.25, 0.3) is 0 Å². The average molecular weight is 198 g/mol. The van der Waals surface area contributed by atoms with Crippen molar-refractivity contribution >= 4 is 11.3 Å². The third-order valence-electron chi connectivity index (χ3n) is 2.66. The van der Waals surface area contributed by atoms with E-state index in [9.17, 15) is 5.11 Å². The first-order valence-electron chi connectivity index (χ1n) is 4.48. The number of hydrogen-bond acceptors (Lipinski definition) is 3. The number of methoxy groups -OCH3 is 1. The van der Waals surface area contributed by atoms with Crippen LogP contribution in [0, 0.1) is 0 Å². The molecule has 0 aliphatic heterocycles. The van der Waals surface area contributed by atoms with Gasteiger partial charge in [0.25, 0.3) is 0 Å². The smallest absolute Gasteiger partial charge is 0.0737 e. The quantitative estimate of drug-likeness (QED) is 0.803. The third kappa shape index (κ3) is 1.93. The minimum Gasteiger partial charge on any atom is -0.389 e. The standard InChI is InChI=1S/C10H14O2S/c1-12-9-5-10(11,6-9)4-8-2-3-13-7-8/h2-3,7,9,11H,4-6H2,1H3. The van der Waals surface area contributed by atoms with Crippen molar-refractivity contribution in [2.75, 3.05) is 7.11 Å². The predicted molar refractivity (Wildman–Crippen MR) is 53.0 cm³/mol. The van der Waals surface area contributed by atoms with E-state index in [-0.39, 0.29) is 6.10 Å². The number of hydrogen-bond donors (Lipinski definition) is 1. The second kappa shape index (κ2) is 3.40. The van der Waals surface area contributed by atoms with E-state index in [0.29, 0.717) is 0 Å². The summed E-state index contributed by atoms with van der Waals surface area (Å²) in [4.78, 5) is 0. The fourth-order valence-corrected chi connectivity index (χ4v) is 2.54. The van der Waals surface area contributed by atoms with Crippen molar-refractivity contribution in [3.63, 3.8) is 0 Å². The molecule has 13 heavy (non-hydrogen) atoms. The van der Waals surface area contributed by atoms with Crippen molar-refractivity contribution in [3.05, 3.63) is 22.4 Å². The Labute approximate surface area is 82.2 Å². The maximum Gasteiger partial charge on any atom is 0.0737 e. The van der Waals surface area contributed by atoms with Crippen molar-refractivity contribution < 1.29 is 9.84 Å². The first-order chi connectivity index (χ1) is 6.22. The molecule has 72 valence electrons. The van der Waals surface area contributed by atoms with E-state index in [1.807, 2.05) is 5.38 Å². The Balaban J connectivity index is 1.90. The van der Waals surface area contributed by atoms with E-state index in [4.69, 9.17) is 4.74 Å². The summed E-state index contributed by atoms with van der Waals surface area (Å²) >= 11 is 1.68. The molecule has 1 fully saturated rings. The Bertz CT molecular complexity index is 262. The summed E-state index contributed by atoms with van der Waals surface area (Å²) in [5.41, 5.74) is 0.740. The molecule has 0 atom stereocenters. The van der Waals surface area contributed by atoms with Gasteiger partial charge in [-0.15, -0.1) is 0 Å². The highest BCUT2D eigenvalue weighted by atomic mass is 32.1. The zero-order valence-corrected chi connectivity index (χ0v) is 8.51. The molecule has 1 aromatic rings. The van der Waals surface area contributed by atoms with Crippen LogP contribution in [0.15, 0.2) is 16.8 Å². The topological polar surface area (TPSA) is 29.5 Å². The maximum absolute atomic E-state index is 10.0. The molecular formula is C10H14O2S. The predicted octanol–water partition coefficient (Wildman–Crippen LogP) is 1.83. The van der Waals surface area contributed by atoms with Crippen LogP contribution in [-0.4, -0.2) is 23.9 Å². The first-order valence-corrected chi connectivity index (χ1v) is 5.42. The van der Waals surface area contributed by atoms with Gasteiger partial charge in [0.05, 0.1) is 11.7 Å². The van der Waals surface area contributed by atoms with Gasteiger partial charge < -0.3 is 9.84 Å². The Morgan fingerprint density at radius 2 is 2.46 bits per heavy atom. The van der Waals surface area contributed by atoms with E-state index in [1.165, 1.54) is 5.56 Å². The average Bonchev–Trinajstić information content (AvgIpc) is 2.52. The van der Waals surface area contributed by atoms with E-state index < -0.39 is 5.60 Å². The van der Waals surface area contributed by atoms with Gasteiger partial charge in [-0.05, 0) is 22.4 Å². The van der Waals surface area contributed by atoms with Gasteiger partial charge >= 0.3 is 0 Å². The summed E-state index contributed by atoms with van der Waals surface area (Å²) in [6.07, 6.45) is 2.60. The van der Waals surface area contributed by atoms with Crippen LogP contribution in [0.3, 0.4) is 0 Å². The maximum atomic E-state index is 10.0. The van der Waals surface area contributed by atoms with Gasteiger partial charge in [0.15, 0.2) is 0 Å². The van der Waals surface area contributed by atoms with Gasteiger partial charge in [-0.3, -0.25) is 0 Å². The molecule has 0 bridgehead atoms. The summed E-state index contributed by atoms with van der Waals surface area (Å²) in [5.74, 6) is 0. The molecular weight excluding hydrogens is 184 g/mol. The van der Waals surface area contributed by atoms with Gasteiger partial charge in [-0.25, -0.2) is 0 Å². The molecule has 1 N–H and O–H groups in total. The van der Waals surface area contributed by atoms with E-state index in [0.717, 1.165) is 19.3 Å². The van der Waals surface area contributed by atoms with Crippen molar-refractivity contribution in [2.45, 2.75) is 31.0 Å². The molecule has 0 saturated heterocycles. The van der Waals surface area contributed by atoms with Crippen molar-refractivity contribution in [1.82, 2.24) is 0 Å². The molecule has 0 radical (unpaired) electrons. The normalized spacial score (nSPS) is 32.9. The summed E-state index contributed by atoms with van der Waals surface area (Å²) in [6, 6.07) is 2.07.